The maximum atomic E-state index is 11.0. The molecule has 0 aliphatic heterocycles. The van der Waals surface area contributed by atoms with Crippen molar-refractivity contribution in [2.75, 3.05) is 0 Å². The molecule has 0 radical (unpaired) electrons. The van der Waals surface area contributed by atoms with Gasteiger partial charge >= 0.3 is 0 Å². The first kappa shape index (κ1) is 42.5. The van der Waals surface area contributed by atoms with E-state index in [4.69, 9.17) is 0 Å². The Morgan fingerprint density at radius 3 is 1.15 bits per heavy atom. The van der Waals surface area contributed by atoms with Gasteiger partial charge in [-0.05, 0) is 104 Å². The van der Waals surface area contributed by atoms with Crippen LogP contribution in [-0.4, -0.2) is 4.57 Å². The quantitative estimate of drug-likeness (QED) is 0.160. The van der Waals surface area contributed by atoms with Gasteiger partial charge in [-0.25, -0.2) is 0 Å². The summed E-state index contributed by atoms with van der Waals surface area (Å²) in [7, 11) is 0. The van der Waals surface area contributed by atoms with Crippen LogP contribution in [0.15, 0.2) is 200 Å². The molecular formula is C62H46N4. The van der Waals surface area contributed by atoms with Crippen molar-refractivity contribution in [1.82, 2.24) is 4.57 Å². The van der Waals surface area contributed by atoms with Crippen molar-refractivity contribution < 1.29 is 0 Å². The zero-order valence-corrected chi connectivity index (χ0v) is 36.3. The van der Waals surface area contributed by atoms with Crippen molar-refractivity contribution in [3.05, 3.63) is 222 Å². The van der Waals surface area contributed by atoms with Gasteiger partial charge in [0.15, 0.2) is 0 Å². The predicted molar refractivity (Wildman–Crippen MR) is 273 cm³/mol. The summed E-state index contributed by atoms with van der Waals surface area (Å²) < 4.78 is 2.32. The summed E-state index contributed by atoms with van der Waals surface area (Å²) >= 11 is 0. The molecule has 0 fully saturated rings. The number of nitriles is 3. The molecule has 0 aliphatic carbocycles. The van der Waals surface area contributed by atoms with Crippen molar-refractivity contribution in [3.8, 4) is 90.7 Å². The summed E-state index contributed by atoms with van der Waals surface area (Å²) in [6.45, 7) is 6.66. The number of hydrogen-bond donors (Lipinski definition) is 0. The summed E-state index contributed by atoms with van der Waals surface area (Å²) in [6.07, 6.45) is 0. The zero-order valence-electron chi connectivity index (χ0n) is 36.3. The lowest BCUT2D eigenvalue weighted by Crippen LogP contribution is -2.14. The fraction of sp³-hybridized carbons (Fsp3) is 0.0806. The van der Waals surface area contributed by atoms with E-state index in [2.05, 4.69) is 153 Å². The van der Waals surface area contributed by atoms with E-state index in [9.17, 15) is 15.8 Å². The highest BCUT2D eigenvalue weighted by molar-refractivity contribution is 6.17. The Balaban J connectivity index is 0.00000548. The molecule has 0 bridgehead atoms. The summed E-state index contributed by atoms with van der Waals surface area (Å²) in [4.78, 5) is 0. The molecule has 9 aromatic carbocycles. The Hall–Kier alpha value is -8.75. The largest absolute Gasteiger partial charge is 0.309 e. The molecule has 0 spiro atoms. The Morgan fingerprint density at radius 2 is 0.697 bits per heavy atom. The van der Waals surface area contributed by atoms with Gasteiger partial charge in [-0.1, -0.05) is 186 Å². The SMILES string of the molecule is C.CC(C)(C)c1ccccc1-c1c(-c2ccccc2C#N)c(-c2ccc(-n3c4ccccc4c4ccccc43)cc2)c(-c2ccccc2)c(-c2ccccc2C#N)c1-c1ccccc1C#N. The summed E-state index contributed by atoms with van der Waals surface area (Å²) in [5.74, 6) is 0. The fourth-order valence-corrected chi connectivity index (χ4v) is 9.74. The van der Waals surface area contributed by atoms with Crippen LogP contribution in [0, 0.1) is 34.0 Å². The van der Waals surface area contributed by atoms with Gasteiger partial charge in [0.1, 0.15) is 0 Å². The fourth-order valence-electron chi connectivity index (χ4n) is 9.74. The second-order valence-electron chi connectivity index (χ2n) is 17.3. The molecule has 1 aromatic heterocycles. The van der Waals surface area contributed by atoms with Crippen LogP contribution in [0.25, 0.3) is 94.3 Å². The highest BCUT2D eigenvalue weighted by Gasteiger charge is 2.33. The first-order valence-corrected chi connectivity index (χ1v) is 21.8. The molecular weight excluding hydrogens is 801 g/mol. The monoisotopic (exact) mass is 846 g/mol. The maximum absolute atomic E-state index is 11.0. The minimum atomic E-state index is -0.318. The van der Waals surface area contributed by atoms with Crippen LogP contribution in [0.3, 0.4) is 0 Å². The molecule has 4 nitrogen and oxygen atoms in total. The Labute approximate surface area is 387 Å². The average molecular weight is 847 g/mol. The lowest BCUT2D eigenvalue weighted by Gasteiger charge is -2.32. The first-order chi connectivity index (χ1) is 31.8. The number of rotatable bonds is 7. The second-order valence-corrected chi connectivity index (χ2v) is 17.3. The predicted octanol–water partition coefficient (Wildman–Crippen LogP) is 16.3. The van der Waals surface area contributed by atoms with Gasteiger partial charge in [0.25, 0.3) is 0 Å². The first-order valence-electron chi connectivity index (χ1n) is 21.8. The molecule has 0 amide bonds. The van der Waals surface area contributed by atoms with Crippen LogP contribution in [-0.2, 0) is 5.41 Å². The van der Waals surface area contributed by atoms with Crippen LogP contribution < -0.4 is 0 Å². The van der Waals surface area contributed by atoms with Crippen molar-refractivity contribution in [2.24, 2.45) is 0 Å². The molecule has 314 valence electrons. The molecule has 0 saturated heterocycles. The highest BCUT2D eigenvalue weighted by atomic mass is 15.0. The molecule has 10 rings (SSSR count). The van der Waals surface area contributed by atoms with Gasteiger partial charge in [0.2, 0.25) is 0 Å². The number of nitrogens with zero attached hydrogens (tertiary/aromatic N) is 4. The van der Waals surface area contributed by atoms with E-state index in [1.54, 1.807) is 0 Å². The molecule has 0 atom stereocenters. The van der Waals surface area contributed by atoms with Crippen LogP contribution >= 0.6 is 0 Å². The van der Waals surface area contributed by atoms with Crippen molar-refractivity contribution in [3.63, 3.8) is 0 Å². The molecule has 1 heterocycles. The van der Waals surface area contributed by atoms with E-state index >= 15 is 0 Å². The normalized spacial score (nSPS) is 11.1. The van der Waals surface area contributed by atoms with Crippen LogP contribution in [0.1, 0.15) is 50.5 Å². The van der Waals surface area contributed by atoms with Gasteiger partial charge in [0, 0.05) is 33.2 Å². The topological polar surface area (TPSA) is 76.3 Å². The van der Waals surface area contributed by atoms with Gasteiger partial charge in [0.05, 0.1) is 45.9 Å². The molecule has 4 heteroatoms. The number of fused-ring (bicyclic) bond motifs is 3. The number of benzene rings is 9. The van der Waals surface area contributed by atoms with Gasteiger partial charge in [-0.15, -0.1) is 0 Å². The van der Waals surface area contributed by atoms with Crippen LogP contribution in [0.4, 0.5) is 0 Å². The van der Waals surface area contributed by atoms with Crippen LogP contribution in [0.2, 0.25) is 0 Å². The lowest BCUT2D eigenvalue weighted by molar-refractivity contribution is 0.592. The standard InChI is InChI=1S/C61H42N4.CH4/c1-61(2,3)52-30-16-13-29-51(52)60-58(47-25-11-8-22-43(47)38-63)56(41-33-35-45(36-34-41)65-53-31-17-14-27-49(53)50-28-15-18-32-54(50)65)55(40-19-5-4-6-20-40)57(46-24-10-7-21-42(46)37-62)59(60)48-26-12-9-23-44(48)39-64;/h4-36H,1-3H3;1H4. The van der Waals surface area contributed by atoms with Crippen molar-refractivity contribution in [2.45, 2.75) is 33.6 Å². The molecule has 0 unspecified atom stereocenters. The average Bonchev–Trinajstić information content (AvgIpc) is 3.70. The summed E-state index contributed by atoms with van der Waals surface area (Å²) in [6, 6.07) is 75.6. The third kappa shape index (κ3) is 7.11. The van der Waals surface area contributed by atoms with Gasteiger partial charge in [-0.3, -0.25) is 0 Å². The number of hydrogen-bond acceptors (Lipinski definition) is 3. The number of para-hydroxylation sites is 2. The van der Waals surface area contributed by atoms with Crippen molar-refractivity contribution >= 4 is 21.8 Å². The zero-order chi connectivity index (χ0) is 44.7. The number of aromatic nitrogens is 1. The van der Waals surface area contributed by atoms with E-state index in [0.717, 1.165) is 89.0 Å². The van der Waals surface area contributed by atoms with Crippen LogP contribution in [0.5, 0.6) is 0 Å². The maximum Gasteiger partial charge on any atom is 0.0998 e. The lowest BCUT2D eigenvalue weighted by atomic mass is 9.70. The molecule has 66 heavy (non-hydrogen) atoms. The minimum absolute atomic E-state index is 0. The molecule has 0 N–H and O–H groups in total. The summed E-state index contributed by atoms with van der Waals surface area (Å²) in [5.41, 5.74) is 15.8. The van der Waals surface area contributed by atoms with Gasteiger partial charge < -0.3 is 4.57 Å². The van der Waals surface area contributed by atoms with E-state index in [1.165, 1.54) is 10.8 Å². The third-order valence-electron chi connectivity index (χ3n) is 12.5. The van der Waals surface area contributed by atoms with Crippen molar-refractivity contribution in [1.29, 1.82) is 15.8 Å². The molecule has 0 aliphatic rings. The second kappa shape index (κ2) is 17.4. The molecule has 10 aromatic rings. The Morgan fingerprint density at radius 1 is 0.348 bits per heavy atom. The minimum Gasteiger partial charge on any atom is -0.309 e. The van der Waals surface area contributed by atoms with E-state index in [-0.39, 0.29) is 12.8 Å². The van der Waals surface area contributed by atoms with Gasteiger partial charge in [-0.2, -0.15) is 15.8 Å². The Bertz CT molecular complexity index is 3550. The smallest absolute Gasteiger partial charge is 0.0998 e. The third-order valence-corrected chi connectivity index (χ3v) is 12.5. The van der Waals surface area contributed by atoms with E-state index in [1.807, 2.05) is 91.0 Å². The van der Waals surface area contributed by atoms with E-state index in [0.29, 0.717) is 16.7 Å². The Kier molecular flexibility index (Phi) is 11.2. The van der Waals surface area contributed by atoms with E-state index < -0.39 is 0 Å². The molecule has 0 saturated carbocycles. The highest BCUT2D eigenvalue weighted by Crippen LogP contribution is 2.58. The summed E-state index contributed by atoms with van der Waals surface area (Å²) in [5, 5.41) is 35.3.